The van der Waals surface area contributed by atoms with Crippen molar-refractivity contribution >= 4 is 34.5 Å². The highest BCUT2D eigenvalue weighted by Gasteiger charge is 2.15. The summed E-state index contributed by atoms with van der Waals surface area (Å²) in [6.07, 6.45) is 2.83. The summed E-state index contributed by atoms with van der Waals surface area (Å²) >= 11 is 14.0. The zero-order valence-corrected chi connectivity index (χ0v) is 11.8. The van der Waals surface area contributed by atoms with Gasteiger partial charge in [-0.15, -0.1) is 22.9 Å². The van der Waals surface area contributed by atoms with E-state index < -0.39 is 0 Å². The predicted octanol–water partition coefficient (Wildman–Crippen LogP) is 4.67. The van der Waals surface area contributed by atoms with Crippen molar-refractivity contribution in [1.29, 1.82) is 0 Å². The lowest BCUT2D eigenvalue weighted by Crippen LogP contribution is -2.04. The first-order valence-electron chi connectivity index (χ1n) is 5.42. The average molecular weight is 286 g/mol. The highest BCUT2D eigenvalue weighted by molar-refractivity contribution is 7.11. The van der Waals surface area contributed by atoms with Gasteiger partial charge in [-0.05, 0) is 25.0 Å². The highest BCUT2D eigenvalue weighted by Crippen LogP contribution is 2.29. The van der Waals surface area contributed by atoms with Crippen LogP contribution < -0.4 is 0 Å². The number of aromatic nitrogens is 1. The Morgan fingerprint density at radius 3 is 2.71 bits per heavy atom. The van der Waals surface area contributed by atoms with E-state index in [-0.39, 0.29) is 5.92 Å². The standard InChI is InChI=1S/C13H13Cl2NS/c1-9-16-8-11(17-9)6-10(7-14)12-4-2-3-5-13(12)15/h2-5,8,10H,6-7H2,1H3. The van der Waals surface area contributed by atoms with Gasteiger partial charge in [0.2, 0.25) is 0 Å². The topological polar surface area (TPSA) is 12.9 Å². The number of benzene rings is 1. The third-order valence-corrected chi connectivity index (χ3v) is 4.30. The monoisotopic (exact) mass is 285 g/mol. The Bertz CT molecular complexity index is 496. The van der Waals surface area contributed by atoms with Crippen molar-refractivity contribution in [3.05, 3.63) is 50.9 Å². The summed E-state index contributed by atoms with van der Waals surface area (Å²) in [5.41, 5.74) is 1.12. The summed E-state index contributed by atoms with van der Waals surface area (Å²) in [5, 5.41) is 1.88. The SMILES string of the molecule is Cc1ncc(CC(CCl)c2ccccc2Cl)s1. The van der Waals surface area contributed by atoms with E-state index in [2.05, 4.69) is 4.98 Å². The molecule has 90 valence electrons. The number of alkyl halides is 1. The lowest BCUT2D eigenvalue weighted by atomic mass is 9.97. The van der Waals surface area contributed by atoms with E-state index >= 15 is 0 Å². The Labute approximate surface area is 115 Å². The number of rotatable bonds is 4. The number of nitrogens with zero attached hydrogens (tertiary/aromatic N) is 1. The molecule has 1 nitrogen and oxygen atoms in total. The van der Waals surface area contributed by atoms with Gasteiger partial charge in [0.25, 0.3) is 0 Å². The molecule has 0 fully saturated rings. The lowest BCUT2D eigenvalue weighted by molar-refractivity contribution is 0.775. The van der Waals surface area contributed by atoms with Gasteiger partial charge in [0.15, 0.2) is 0 Å². The third-order valence-electron chi connectivity index (χ3n) is 2.65. The maximum absolute atomic E-state index is 6.20. The van der Waals surface area contributed by atoms with Crippen molar-refractivity contribution < 1.29 is 0 Å². The molecule has 1 heterocycles. The number of thiazole rings is 1. The second-order valence-electron chi connectivity index (χ2n) is 3.92. The Morgan fingerprint density at radius 2 is 2.12 bits per heavy atom. The van der Waals surface area contributed by atoms with Gasteiger partial charge in [-0.3, -0.25) is 0 Å². The minimum Gasteiger partial charge on any atom is -0.250 e. The van der Waals surface area contributed by atoms with Crippen LogP contribution in [0.5, 0.6) is 0 Å². The Balaban J connectivity index is 2.20. The molecule has 1 unspecified atom stereocenters. The molecule has 1 aromatic carbocycles. The molecule has 1 atom stereocenters. The van der Waals surface area contributed by atoms with Crippen molar-refractivity contribution in [3.8, 4) is 0 Å². The normalized spacial score (nSPS) is 12.6. The summed E-state index contributed by atoms with van der Waals surface area (Å²) in [6.45, 7) is 2.01. The van der Waals surface area contributed by atoms with E-state index in [1.165, 1.54) is 4.88 Å². The smallest absolute Gasteiger partial charge is 0.0896 e. The average Bonchev–Trinajstić information content (AvgIpc) is 2.73. The number of aryl methyl sites for hydroxylation is 1. The van der Waals surface area contributed by atoms with E-state index in [1.807, 2.05) is 37.4 Å². The quantitative estimate of drug-likeness (QED) is 0.744. The van der Waals surface area contributed by atoms with E-state index in [0.29, 0.717) is 5.88 Å². The summed E-state index contributed by atoms with van der Waals surface area (Å²) in [4.78, 5) is 5.52. The predicted molar refractivity (Wildman–Crippen MR) is 75.5 cm³/mol. The van der Waals surface area contributed by atoms with Crippen molar-refractivity contribution in [2.75, 3.05) is 5.88 Å². The molecule has 0 saturated heterocycles. The molecule has 0 saturated carbocycles. The van der Waals surface area contributed by atoms with Crippen LogP contribution in [0.2, 0.25) is 5.02 Å². The van der Waals surface area contributed by atoms with E-state index in [1.54, 1.807) is 11.3 Å². The Hall–Kier alpha value is -0.570. The number of halogens is 2. The van der Waals surface area contributed by atoms with Crippen molar-refractivity contribution in [2.24, 2.45) is 0 Å². The van der Waals surface area contributed by atoms with Crippen LogP contribution in [0.15, 0.2) is 30.5 Å². The van der Waals surface area contributed by atoms with Crippen LogP contribution in [0.4, 0.5) is 0 Å². The van der Waals surface area contributed by atoms with Gasteiger partial charge in [0, 0.05) is 27.9 Å². The van der Waals surface area contributed by atoms with Gasteiger partial charge < -0.3 is 0 Å². The van der Waals surface area contributed by atoms with Gasteiger partial charge in [0.05, 0.1) is 5.01 Å². The minimum atomic E-state index is 0.255. The van der Waals surface area contributed by atoms with Crippen LogP contribution in [-0.2, 0) is 6.42 Å². The first kappa shape index (κ1) is 12.9. The van der Waals surface area contributed by atoms with Crippen molar-refractivity contribution in [3.63, 3.8) is 0 Å². The molecule has 2 rings (SSSR count). The molecule has 0 N–H and O–H groups in total. The molecule has 4 heteroatoms. The molecule has 0 amide bonds. The van der Waals surface area contributed by atoms with E-state index in [9.17, 15) is 0 Å². The number of hydrogen-bond acceptors (Lipinski definition) is 2. The van der Waals surface area contributed by atoms with Crippen molar-refractivity contribution in [1.82, 2.24) is 4.98 Å². The lowest BCUT2D eigenvalue weighted by Gasteiger charge is -2.14. The van der Waals surface area contributed by atoms with Gasteiger partial charge in [-0.1, -0.05) is 29.8 Å². The highest BCUT2D eigenvalue weighted by atomic mass is 35.5. The summed E-state index contributed by atoms with van der Waals surface area (Å²) in [7, 11) is 0. The molecular weight excluding hydrogens is 273 g/mol. The van der Waals surface area contributed by atoms with Crippen molar-refractivity contribution in [2.45, 2.75) is 19.3 Å². The minimum absolute atomic E-state index is 0.255. The fraction of sp³-hybridized carbons (Fsp3) is 0.308. The molecule has 0 radical (unpaired) electrons. The Kier molecular flexibility index (Phi) is 4.43. The molecule has 1 aromatic heterocycles. The van der Waals surface area contributed by atoms with Gasteiger partial charge >= 0.3 is 0 Å². The molecule has 17 heavy (non-hydrogen) atoms. The molecular formula is C13H13Cl2NS. The van der Waals surface area contributed by atoms with Crippen LogP contribution in [0.25, 0.3) is 0 Å². The fourth-order valence-corrected chi connectivity index (χ4v) is 3.24. The van der Waals surface area contributed by atoms with Crippen LogP contribution in [0.3, 0.4) is 0 Å². The third kappa shape index (κ3) is 3.21. The fourth-order valence-electron chi connectivity index (χ4n) is 1.80. The molecule has 0 aliphatic rings. The summed E-state index contributed by atoms with van der Waals surface area (Å²) in [5.74, 6) is 0.825. The van der Waals surface area contributed by atoms with Crippen LogP contribution in [-0.4, -0.2) is 10.9 Å². The Morgan fingerprint density at radius 1 is 1.35 bits per heavy atom. The van der Waals surface area contributed by atoms with Crippen LogP contribution >= 0.6 is 34.5 Å². The largest absolute Gasteiger partial charge is 0.250 e. The molecule has 0 aliphatic carbocycles. The first-order chi connectivity index (χ1) is 8.20. The second-order valence-corrected chi connectivity index (χ2v) is 5.96. The number of hydrogen-bond donors (Lipinski definition) is 0. The first-order valence-corrected chi connectivity index (χ1v) is 7.15. The van der Waals surface area contributed by atoms with Gasteiger partial charge in [-0.2, -0.15) is 0 Å². The summed E-state index contributed by atoms with van der Waals surface area (Å²) in [6, 6.07) is 7.89. The molecule has 2 aromatic rings. The maximum Gasteiger partial charge on any atom is 0.0896 e. The summed E-state index contributed by atoms with van der Waals surface area (Å²) < 4.78 is 0. The maximum atomic E-state index is 6.20. The van der Waals surface area contributed by atoms with Gasteiger partial charge in [-0.25, -0.2) is 4.98 Å². The molecule has 0 spiro atoms. The zero-order chi connectivity index (χ0) is 12.3. The molecule has 0 bridgehead atoms. The second kappa shape index (κ2) is 5.85. The molecule has 0 aliphatic heterocycles. The van der Waals surface area contributed by atoms with Gasteiger partial charge in [0.1, 0.15) is 0 Å². The van der Waals surface area contributed by atoms with E-state index in [0.717, 1.165) is 22.0 Å². The van der Waals surface area contributed by atoms with E-state index in [4.69, 9.17) is 23.2 Å². The van der Waals surface area contributed by atoms with Crippen LogP contribution in [0, 0.1) is 6.92 Å². The van der Waals surface area contributed by atoms with Crippen LogP contribution in [0.1, 0.15) is 21.4 Å². The zero-order valence-electron chi connectivity index (χ0n) is 9.49.